The molecule has 0 unspecified atom stereocenters. The second-order valence-electron chi connectivity index (χ2n) is 9.84. The van der Waals surface area contributed by atoms with Crippen LogP contribution in [0.25, 0.3) is 5.57 Å². The van der Waals surface area contributed by atoms with E-state index < -0.39 is 5.97 Å². The first-order valence-electron chi connectivity index (χ1n) is 12.4. The molecule has 0 aromatic heterocycles. The van der Waals surface area contributed by atoms with Gasteiger partial charge in [-0.2, -0.15) is 0 Å². The summed E-state index contributed by atoms with van der Waals surface area (Å²) in [6, 6.07) is 17.3. The van der Waals surface area contributed by atoms with Crippen molar-refractivity contribution in [2.24, 2.45) is 5.92 Å². The first-order chi connectivity index (χ1) is 16.4. The van der Waals surface area contributed by atoms with E-state index in [0.29, 0.717) is 13.1 Å². The number of carboxylic acid groups (broad SMARTS) is 1. The van der Waals surface area contributed by atoms with Crippen LogP contribution >= 0.6 is 0 Å². The van der Waals surface area contributed by atoms with E-state index in [1.54, 1.807) is 0 Å². The fraction of sp³-hybridized carbons (Fsp3) is 0.367. The Balaban J connectivity index is 1.29. The van der Waals surface area contributed by atoms with Gasteiger partial charge < -0.3 is 10.4 Å². The number of aliphatic carboxylic acids is 1. The number of benzene rings is 2. The van der Waals surface area contributed by atoms with Crippen LogP contribution in [0.2, 0.25) is 0 Å². The molecule has 0 radical (unpaired) electrons. The highest BCUT2D eigenvalue weighted by Gasteiger charge is 2.32. The van der Waals surface area contributed by atoms with E-state index in [-0.39, 0.29) is 5.92 Å². The van der Waals surface area contributed by atoms with Crippen molar-refractivity contribution in [3.8, 4) is 0 Å². The SMILES string of the molecule is C=C(/C=C(\C)c1ccc(C2CCCCC2)cc1)C(=C)Nc1ccc(CN2CC(C(=O)O)C2)cc1. The molecule has 1 saturated heterocycles. The maximum absolute atomic E-state index is 10.9. The molecule has 1 saturated carbocycles. The van der Waals surface area contributed by atoms with Gasteiger partial charge in [0.25, 0.3) is 0 Å². The molecule has 34 heavy (non-hydrogen) atoms. The molecule has 0 spiro atoms. The van der Waals surface area contributed by atoms with Crippen molar-refractivity contribution in [1.82, 2.24) is 4.90 Å². The van der Waals surface area contributed by atoms with Crippen molar-refractivity contribution in [2.45, 2.75) is 51.5 Å². The molecule has 1 aliphatic carbocycles. The molecule has 2 fully saturated rings. The zero-order chi connectivity index (χ0) is 24.1. The Labute approximate surface area is 203 Å². The van der Waals surface area contributed by atoms with Crippen molar-refractivity contribution in [2.75, 3.05) is 18.4 Å². The fourth-order valence-electron chi connectivity index (χ4n) is 4.95. The molecule has 0 bridgehead atoms. The first kappa shape index (κ1) is 24.0. The van der Waals surface area contributed by atoms with E-state index in [9.17, 15) is 4.79 Å². The van der Waals surface area contributed by atoms with Crippen LogP contribution in [0.3, 0.4) is 0 Å². The average molecular weight is 457 g/mol. The third kappa shape index (κ3) is 6.06. The molecule has 1 aliphatic heterocycles. The predicted molar refractivity (Wildman–Crippen MR) is 141 cm³/mol. The molecule has 2 aromatic carbocycles. The van der Waals surface area contributed by atoms with Crippen LogP contribution in [0.15, 0.2) is 79.0 Å². The van der Waals surface area contributed by atoms with Gasteiger partial charge in [0, 0.05) is 31.0 Å². The van der Waals surface area contributed by atoms with Gasteiger partial charge in [0.1, 0.15) is 0 Å². The molecule has 2 aliphatic rings. The van der Waals surface area contributed by atoms with Crippen molar-refractivity contribution < 1.29 is 9.90 Å². The summed E-state index contributed by atoms with van der Waals surface area (Å²) < 4.78 is 0. The Hall–Kier alpha value is -3.11. The Kier molecular flexibility index (Phi) is 7.69. The maximum Gasteiger partial charge on any atom is 0.309 e. The van der Waals surface area contributed by atoms with Crippen LogP contribution in [0, 0.1) is 5.92 Å². The minimum Gasteiger partial charge on any atom is -0.481 e. The van der Waals surface area contributed by atoms with Gasteiger partial charge >= 0.3 is 5.97 Å². The molecule has 4 heteroatoms. The number of hydrogen-bond donors (Lipinski definition) is 2. The lowest BCUT2D eigenvalue weighted by molar-refractivity contribution is -0.147. The molecule has 0 amide bonds. The summed E-state index contributed by atoms with van der Waals surface area (Å²) in [5, 5.41) is 12.4. The van der Waals surface area contributed by atoms with Crippen LogP contribution in [0.1, 0.15) is 61.6 Å². The van der Waals surface area contributed by atoms with Gasteiger partial charge in [0.2, 0.25) is 0 Å². The molecule has 0 atom stereocenters. The summed E-state index contributed by atoms with van der Waals surface area (Å²) in [6.45, 7) is 12.5. The molecule has 178 valence electrons. The van der Waals surface area contributed by atoms with Crippen LogP contribution in [-0.4, -0.2) is 29.1 Å². The average Bonchev–Trinajstić information content (AvgIpc) is 2.82. The smallest absolute Gasteiger partial charge is 0.309 e. The summed E-state index contributed by atoms with van der Waals surface area (Å²) in [5.74, 6) is -0.193. The molecule has 2 N–H and O–H groups in total. The number of anilines is 1. The highest BCUT2D eigenvalue weighted by Crippen LogP contribution is 2.33. The summed E-state index contributed by atoms with van der Waals surface area (Å²) in [7, 11) is 0. The predicted octanol–water partition coefficient (Wildman–Crippen LogP) is 6.84. The molecule has 2 aromatic rings. The van der Waals surface area contributed by atoms with Gasteiger partial charge in [0.15, 0.2) is 0 Å². The third-order valence-corrected chi connectivity index (χ3v) is 7.18. The monoisotopic (exact) mass is 456 g/mol. The molecule has 4 rings (SSSR count). The van der Waals surface area contributed by atoms with Crippen molar-refractivity contribution in [3.63, 3.8) is 0 Å². The van der Waals surface area contributed by atoms with Gasteiger partial charge in [-0.3, -0.25) is 9.69 Å². The standard InChI is InChI=1S/C30H36N2O2/c1-21(17-22(2)25-11-13-27(14-12-25)26-7-5-4-6-8-26)23(3)31-29-15-9-24(10-16-29)18-32-19-28(20-32)30(33)34/h9-17,26,28,31H,1,3-8,18-20H2,2H3,(H,33,34)/b22-17+. The Morgan fingerprint density at radius 3 is 2.29 bits per heavy atom. The fourth-order valence-corrected chi connectivity index (χ4v) is 4.95. The first-order valence-corrected chi connectivity index (χ1v) is 12.4. The van der Waals surface area contributed by atoms with Crippen molar-refractivity contribution >= 4 is 17.2 Å². The second-order valence-corrected chi connectivity index (χ2v) is 9.84. The van der Waals surface area contributed by atoms with E-state index in [4.69, 9.17) is 5.11 Å². The lowest BCUT2D eigenvalue weighted by atomic mass is 9.83. The van der Waals surface area contributed by atoms with Gasteiger partial charge in [-0.1, -0.05) is 68.8 Å². The zero-order valence-corrected chi connectivity index (χ0v) is 20.2. The lowest BCUT2D eigenvalue weighted by Gasteiger charge is -2.36. The van der Waals surface area contributed by atoms with Gasteiger partial charge in [0.05, 0.1) is 5.92 Å². The molecule has 1 heterocycles. The lowest BCUT2D eigenvalue weighted by Crippen LogP contribution is -2.49. The normalized spacial score (nSPS) is 17.7. The van der Waals surface area contributed by atoms with Gasteiger partial charge in [-0.25, -0.2) is 0 Å². The number of allylic oxidation sites excluding steroid dienone is 2. The van der Waals surface area contributed by atoms with Crippen LogP contribution < -0.4 is 5.32 Å². The van der Waals surface area contributed by atoms with Gasteiger partial charge in [-0.05, 0) is 71.7 Å². The van der Waals surface area contributed by atoms with E-state index >= 15 is 0 Å². The van der Waals surface area contributed by atoms with Crippen LogP contribution in [-0.2, 0) is 11.3 Å². The minimum absolute atomic E-state index is 0.221. The number of likely N-dealkylation sites (tertiary alicyclic amines) is 1. The number of rotatable bonds is 9. The summed E-state index contributed by atoms with van der Waals surface area (Å²) in [6.07, 6.45) is 8.82. The minimum atomic E-state index is -0.699. The number of nitrogens with one attached hydrogen (secondary N) is 1. The van der Waals surface area contributed by atoms with E-state index in [1.807, 2.05) is 12.1 Å². The molecular weight excluding hydrogens is 420 g/mol. The van der Waals surface area contributed by atoms with Crippen LogP contribution in [0.4, 0.5) is 5.69 Å². The topological polar surface area (TPSA) is 52.6 Å². The number of carboxylic acids is 1. The Morgan fingerprint density at radius 1 is 1.03 bits per heavy atom. The largest absolute Gasteiger partial charge is 0.481 e. The van der Waals surface area contributed by atoms with E-state index in [2.05, 4.69) is 72.8 Å². The quantitative estimate of drug-likeness (QED) is 0.406. The Morgan fingerprint density at radius 2 is 1.68 bits per heavy atom. The third-order valence-electron chi connectivity index (χ3n) is 7.18. The zero-order valence-electron chi connectivity index (χ0n) is 20.2. The van der Waals surface area contributed by atoms with E-state index in [0.717, 1.165) is 29.4 Å². The molecular formula is C30H36N2O2. The number of carbonyl (C=O) groups is 1. The summed E-state index contributed by atoms with van der Waals surface area (Å²) >= 11 is 0. The highest BCUT2D eigenvalue weighted by molar-refractivity contribution is 5.71. The summed E-state index contributed by atoms with van der Waals surface area (Å²) in [5.41, 5.74) is 7.63. The summed E-state index contributed by atoms with van der Waals surface area (Å²) in [4.78, 5) is 13.1. The second kappa shape index (κ2) is 10.9. The maximum atomic E-state index is 10.9. The van der Waals surface area contributed by atoms with Crippen molar-refractivity contribution in [3.05, 3.63) is 95.7 Å². The highest BCUT2D eigenvalue weighted by atomic mass is 16.4. The number of hydrogen-bond acceptors (Lipinski definition) is 3. The van der Waals surface area contributed by atoms with Gasteiger partial charge in [-0.15, -0.1) is 0 Å². The molecule has 4 nitrogen and oxygen atoms in total. The Bertz CT molecular complexity index is 1050. The number of nitrogens with zero attached hydrogens (tertiary/aromatic N) is 1. The van der Waals surface area contributed by atoms with Crippen molar-refractivity contribution in [1.29, 1.82) is 0 Å². The van der Waals surface area contributed by atoms with E-state index in [1.165, 1.54) is 54.4 Å². The van der Waals surface area contributed by atoms with Crippen LogP contribution in [0.5, 0.6) is 0 Å².